The highest BCUT2D eigenvalue weighted by atomic mass is 15.1. The molecule has 0 bridgehead atoms. The van der Waals surface area contributed by atoms with Crippen molar-refractivity contribution in [1.29, 1.82) is 5.26 Å². The van der Waals surface area contributed by atoms with Crippen LogP contribution in [0.15, 0.2) is 24.7 Å². The number of aromatic nitrogens is 4. The van der Waals surface area contributed by atoms with E-state index in [1.165, 1.54) is 0 Å². The lowest BCUT2D eigenvalue weighted by Gasteiger charge is -2.14. The van der Waals surface area contributed by atoms with E-state index in [1.807, 2.05) is 13.0 Å². The first-order valence-electron chi connectivity index (χ1n) is 5.32. The van der Waals surface area contributed by atoms with Crippen LogP contribution in [0.1, 0.15) is 30.9 Å². The Bertz CT molecular complexity index is 513. The van der Waals surface area contributed by atoms with Crippen molar-refractivity contribution in [3.63, 3.8) is 0 Å². The normalized spacial score (nSPS) is 11.8. The van der Waals surface area contributed by atoms with Gasteiger partial charge < -0.3 is 10.3 Å². The van der Waals surface area contributed by atoms with Crippen molar-refractivity contribution in [2.45, 2.75) is 19.4 Å². The zero-order chi connectivity index (χ0) is 12.1. The maximum absolute atomic E-state index is 8.75. The molecular weight excluding hydrogens is 216 g/mol. The fourth-order valence-electron chi connectivity index (χ4n) is 1.48. The summed E-state index contributed by atoms with van der Waals surface area (Å²) in [7, 11) is 0. The van der Waals surface area contributed by atoms with E-state index in [1.54, 1.807) is 24.7 Å². The number of imidazole rings is 1. The van der Waals surface area contributed by atoms with Crippen molar-refractivity contribution in [2.75, 3.05) is 5.32 Å². The van der Waals surface area contributed by atoms with E-state index in [4.69, 9.17) is 5.26 Å². The Balaban J connectivity index is 2.16. The zero-order valence-electron chi connectivity index (χ0n) is 9.38. The number of nitrogens with zero attached hydrogens (tertiary/aromatic N) is 4. The van der Waals surface area contributed by atoms with Gasteiger partial charge >= 0.3 is 0 Å². The number of nitrogens with one attached hydrogen (secondary N) is 2. The van der Waals surface area contributed by atoms with Gasteiger partial charge in [-0.2, -0.15) is 5.26 Å². The minimum Gasteiger partial charge on any atom is -0.347 e. The van der Waals surface area contributed by atoms with Crippen LogP contribution in [0.5, 0.6) is 0 Å². The molecule has 2 heterocycles. The Morgan fingerprint density at radius 1 is 1.47 bits per heavy atom. The van der Waals surface area contributed by atoms with Gasteiger partial charge in [0.2, 0.25) is 5.95 Å². The lowest BCUT2D eigenvalue weighted by Crippen LogP contribution is -2.13. The number of nitriles is 1. The maximum atomic E-state index is 8.75. The minimum atomic E-state index is 0.0129. The van der Waals surface area contributed by atoms with Gasteiger partial charge in [-0.15, -0.1) is 0 Å². The van der Waals surface area contributed by atoms with E-state index >= 15 is 0 Å². The quantitative estimate of drug-likeness (QED) is 0.830. The van der Waals surface area contributed by atoms with Crippen LogP contribution in [0.3, 0.4) is 0 Å². The maximum Gasteiger partial charge on any atom is 0.224 e. The molecule has 6 heteroatoms. The molecule has 2 rings (SSSR count). The molecule has 0 saturated heterocycles. The summed E-state index contributed by atoms with van der Waals surface area (Å²) in [6.07, 6.45) is 5.87. The Labute approximate surface area is 98.8 Å². The molecule has 0 aliphatic heterocycles. The SMILES string of the molecule is CCC(Nc1nccc(C#N)n1)c1ncc[nH]1. The molecule has 86 valence electrons. The Morgan fingerprint density at radius 3 is 3.00 bits per heavy atom. The first kappa shape index (κ1) is 11.1. The van der Waals surface area contributed by atoms with Gasteiger partial charge in [-0.1, -0.05) is 6.92 Å². The van der Waals surface area contributed by atoms with Crippen molar-refractivity contribution in [3.05, 3.63) is 36.2 Å². The molecule has 2 aromatic heterocycles. The topological polar surface area (TPSA) is 90.3 Å². The summed E-state index contributed by atoms with van der Waals surface area (Å²) in [5.74, 6) is 1.27. The van der Waals surface area contributed by atoms with Gasteiger partial charge in [0.25, 0.3) is 0 Å². The molecular formula is C11H12N6. The number of rotatable bonds is 4. The van der Waals surface area contributed by atoms with Gasteiger partial charge in [0.05, 0.1) is 6.04 Å². The molecule has 0 aliphatic rings. The van der Waals surface area contributed by atoms with E-state index in [0.717, 1.165) is 12.2 Å². The second kappa shape index (κ2) is 5.07. The molecule has 0 aromatic carbocycles. The van der Waals surface area contributed by atoms with Gasteiger partial charge in [0.15, 0.2) is 0 Å². The van der Waals surface area contributed by atoms with E-state index in [0.29, 0.717) is 11.6 Å². The molecule has 1 unspecified atom stereocenters. The number of aromatic amines is 1. The van der Waals surface area contributed by atoms with Gasteiger partial charge in [0, 0.05) is 18.6 Å². The Kier molecular flexibility index (Phi) is 3.31. The summed E-state index contributed by atoms with van der Waals surface area (Å²) in [5.41, 5.74) is 0.344. The predicted molar refractivity (Wildman–Crippen MR) is 62.0 cm³/mol. The number of hydrogen-bond donors (Lipinski definition) is 2. The van der Waals surface area contributed by atoms with E-state index in [2.05, 4.69) is 25.3 Å². The van der Waals surface area contributed by atoms with Crippen molar-refractivity contribution in [2.24, 2.45) is 0 Å². The predicted octanol–water partition coefficient (Wildman–Crippen LogP) is 1.63. The molecule has 6 nitrogen and oxygen atoms in total. The minimum absolute atomic E-state index is 0.0129. The molecule has 0 radical (unpaired) electrons. The number of anilines is 1. The smallest absolute Gasteiger partial charge is 0.224 e. The van der Waals surface area contributed by atoms with Gasteiger partial charge in [-0.25, -0.2) is 15.0 Å². The lowest BCUT2D eigenvalue weighted by atomic mass is 10.2. The highest BCUT2D eigenvalue weighted by molar-refractivity contribution is 5.32. The van der Waals surface area contributed by atoms with Crippen molar-refractivity contribution >= 4 is 5.95 Å². The molecule has 0 saturated carbocycles. The van der Waals surface area contributed by atoms with Crippen LogP contribution >= 0.6 is 0 Å². The first-order chi connectivity index (χ1) is 8.33. The van der Waals surface area contributed by atoms with Gasteiger partial charge in [0.1, 0.15) is 17.6 Å². The summed E-state index contributed by atoms with van der Waals surface area (Å²) in [4.78, 5) is 15.4. The number of H-pyrrole nitrogens is 1. The summed E-state index contributed by atoms with van der Waals surface area (Å²) >= 11 is 0. The molecule has 0 fully saturated rings. The van der Waals surface area contributed by atoms with Crippen LogP contribution in [0.25, 0.3) is 0 Å². The average molecular weight is 228 g/mol. The van der Waals surface area contributed by atoms with E-state index < -0.39 is 0 Å². The summed E-state index contributed by atoms with van der Waals surface area (Å²) in [6, 6.07) is 3.56. The first-order valence-corrected chi connectivity index (χ1v) is 5.32. The largest absolute Gasteiger partial charge is 0.347 e. The second-order valence-corrected chi connectivity index (χ2v) is 3.46. The third-order valence-corrected chi connectivity index (χ3v) is 2.33. The van der Waals surface area contributed by atoms with Crippen LogP contribution in [-0.2, 0) is 0 Å². The van der Waals surface area contributed by atoms with Crippen LogP contribution in [0.4, 0.5) is 5.95 Å². The second-order valence-electron chi connectivity index (χ2n) is 3.46. The summed E-state index contributed by atoms with van der Waals surface area (Å²) < 4.78 is 0. The van der Waals surface area contributed by atoms with Crippen LogP contribution in [-0.4, -0.2) is 19.9 Å². The third kappa shape index (κ3) is 2.58. The molecule has 0 amide bonds. The molecule has 1 atom stereocenters. The molecule has 2 aromatic rings. The highest BCUT2D eigenvalue weighted by Crippen LogP contribution is 2.16. The third-order valence-electron chi connectivity index (χ3n) is 2.33. The lowest BCUT2D eigenvalue weighted by molar-refractivity contribution is 0.695. The number of hydrogen-bond acceptors (Lipinski definition) is 5. The molecule has 0 aliphatic carbocycles. The van der Waals surface area contributed by atoms with Crippen LogP contribution in [0, 0.1) is 11.3 Å². The Hall–Kier alpha value is -2.42. The molecule has 17 heavy (non-hydrogen) atoms. The summed E-state index contributed by atoms with van der Waals surface area (Å²) in [5, 5.41) is 11.9. The fraction of sp³-hybridized carbons (Fsp3) is 0.273. The van der Waals surface area contributed by atoms with Crippen LogP contribution < -0.4 is 5.32 Å². The van der Waals surface area contributed by atoms with Crippen molar-refractivity contribution in [1.82, 2.24) is 19.9 Å². The van der Waals surface area contributed by atoms with Gasteiger partial charge in [-0.05, 0) is 12.5 Å². The molecule has 0 spiro atoms. The average Bonchev–Trinajstić information content (AvgIpc) is 2.90. The zero-order valence-corrected chi connectivity index (χ0v) is 9.38. The summed E-state index contributed by atoms with van der Waals surface area (Å²) in [6.45, 7) is 2.04. The molecule has 2 N–H and O–H groups in total. The van der Waals surface area contributed by atoms with E-state index in [-0.39, 0.29) is 6.04 Å². The van der Waals surface area contributed by atoms with Crippen molar-refractivity contribution < 1.29 is 0 Å². The Morgan fingerprint density at radius 2 is 2.35 bits per heavy atom. The van der Waals surface area contributed by atoms with E-state index in [9.17, 15) is 0 Å². The highest BCUT2D eigenvalue weighted by Gasteiger charge is 2.12. The fourth-order valence-corrected chi connectivity index (χ4v) is 1.48. The van der Waals surface area contributed by atoms with Crippen molar-refractivity contribution in [3.8, 4) is 6.07 Å². The monoisotopic (exact) mass is 228 g/mol. The standard InChI is InChI=1S/C11H12N6/c1-2-9(10-13-5-6-14-10)17-11-15-4-3-8(7-12)16-11/h3-6,9H,2H2,1H3,(H,13,14)(H,15,16,17). The van der Waals surface area contributed by atoms with Gasteiger partial charge in [-0.3, -0.25) is 0 Å². The van der Waals surface area contributed by atoms with Crippen LogP contribution in [0.2, 0.25) is 0 Å².